The Morgan fingerprint density at radius 2 is 1.90 bits per heavy atom. The molecule has 0 atom stereocenters. The molecule has 2 amide bonds. The molecule has 1 saturated carbocycles. The van der Waals surface area contributed by atoms with Gasteiger partial charge in [0.15, 0.2) is 5.13 Å². The number of hydrogen-bond acceptors (Lipinski definition) is 6. The Morgan fingerprint density at radius 3 is 2.67 bits per heavy atom. The maximum atomic E-state index is 12.3. The van der Waals surface area contributed by atoms with E-state index in [-0.39, 0.29) is 12.0 Å². The number of hydrogen-bond donors (Lipinski definition) is 2. The number of anilines is 2. The fraction of sp³-hybridized carbons (Fsp3) is 0.364. The normalized spacial score (nSPS) is 14.5. The molecule has 8 heteroatoms. The molecule has 0 bridgehead atoms. The number of ether oxygens (including phenoxy) is 1. The maximum Gasteiger partial charge on any atom is 0.411 e. The summed E-state index contributed by atoms with van der Waals surface area (Å²) in [6, 6.07) is 7.78. The van der Waals surface area contributed by atoms with Crippen LogP contribution in [-0.4, -0.2) is 28.1 Å². The first-order valence-corrected chi connectivity index (χ1v) is 10.9. The van der Waals surface area contributed by atoms with Crippen LogP contribution in [-0.2, 0) is 9.53 Å². The fourth-order valence-corrected chi connectivity index (χ4v) is 4.55. The number of thiazole rings is 1. The molecular weight excluding hydrogens is 400 g/mol. The molecule has 7 nitrogen and oxygen atoms in total. The molecule has 156 valence electrons. The van der Waals surface area contributed by atoms with Crippen LogP contribution in [0.15, 0.2) is 30.5 Å². The van der Waals surface area contributed by atoms with E-state index in [9.17, 15) is 9.59 Å². The molecule has 0 saturated heterocycles. The number of carbonyl (C=O) groups is 2. The second-order valence-corrected chi connectivity index (χ2v) is 8.56. The van der Waals surface area contributed by atoms with Crippen LogP contribution in [0.5, 0.6) is 0 Å². The second-order valence-electron chi connectivity index (χ2n) is 7.53. The highest BCUT2D eigenvalue weighted by molar-refractivity contribution is 7.22. The zero-order chi connectivity index (χ0) is 21.1. The number of aromatic nitrogens is 2. The Hall–Kier alpha value is -3.00. The summed E-state index contributed by atoms with van der Waals surface area (Å²) in [4.78, 5) is 32.5. The Morgan fingerprint density at radius 1 is 1.10 bits per heavy atom. The number of fused-ring (bicyclic) bond motifs is 1. The summed E-state index contributed by atoms with van der Waals surface area (Å²) in [5.41, 5.74) is 4.02. The van der Waals surface area contributed by atoms with Crippen molar-refractivity contribution in [3.05, 3.63) is 36.2 Å². The lowest BCUT2D eigenvalue weighted by atomic mass is 9.98. The third-order valence-corrected chi connectivity index (χ3v) is 6.09. The molecule has 1 fully saturated rings. The molecule has 0 unspecified atom stereocenters. The monoisotopic (exact) mass is 424 g/mol. The number of amides is 2. The molecule has 2 aromatic heterocycles. The Balaban J connectivity index is 1.53. The predicted octanol–water partition coefficient (Wildman–Crippen LogP) is 5.51. The molecule has 1 aliphatic carbocycles. The van der Waals surface area contributed by atoms with Gasteiger partial charge in [-0.1, -0.05) is 23.8 Å². The predicted molar refractivity (Wildman–Crippen MR) is 119 cm³/mol. The van der Waals surface area contributed by atoms with Gasteiger partial charge in [-0.15, -0.1) is 0 Å². The van der Waals surface area contributed by atoms with Crippen molar-refractivity contribution < 1.29 is 14.3 Å². The average molecular weight is 425 g/mol. The van der Waals surface area contributed by atoms with Gasteiger partial charge in [-0.2, -0.15) is 0 Å². The van der Waals surface area contributed by atoms with E-state index in [0.717, 1.165) is 52.7 Å². The first kappa shape index (κ1) is 20.3. The summed E-state index contributed by atoms with van der Waals surface area (Å²) in [6.07, 6.45) is 6.64. The summed E-state index contributed by atoms with van der Waals surface area (Å²) in [5, 5.41) is 6.14. The van der Waals surface area contributed by atoms with Crippen LogP contribution in [0, 0.1) is 6.92 Å². The van der Waals surface area contributed by atoms with Crippen LogP contribution in [0.3, 0.4) is 0 Å². The minimum absolute atomic E-state index is 0.00161. The van der Waals surface area contributed by atoms with Gasteiger partial charge in [-0.25, -0.2) is 9.78 Å². The first-order valence-electron chi connectivity index (χ1n) is 10.1. The van der Waals surface area contributed by atoms with E-state index in [1.54, 1.807) is 6.20 Å². The standard InChI is InChI=1S/C22H24N4O3S/c1-13-19(26-22(28)29-17-6-4-3-5-7-17)10-16(12-23-13)15-8-9-18-20(11-15)30-21(25-18)24-14(2)27/h8-12,17H,3-7H2,1-2H3,(H,26,28)(H,24,25,27). The van der Waals surface area contributed by atoms with Gasteiger partial charge in [0.25, 0.3) is 0 Å². The SMILES string of the molecule is CC(=O)Nc1nc2ccc(-c3cnc(C)c(NC(=O)OC4CCCCC4)c3)cc2s1. The van der Waals surface area contributed by atoms with Gasteiger partial charge in [0.2, 0.25) is 5.91 Å². The zero-order valence-corrected chi connectivity index (χ0v) is 17.8. The lowest BCUT2D eigenvalue weighted by Gasteiger charge is -2.22. The summed E-state index contributed by atoms with van der Waals surface area (Å²) >= 11 is 1.42. The van der Waals surface area contributed by atoms with E-state index in [1.807, 2.05) is 31.2 Å². The molecule has 2 heterocycles. The minimum Gasteiger partial charge on any atom is -0.446 e. The quantitative estimate of drug-likeness (QED) is 0.576. The molecule has 0 spiro atoms. The van der Waals surface area contributed by atoms with Crippen molar-refractivity contribution in [2.75, 3.05) is 10.6 Å². The molecule has 0 aliphatic heterocycles. The average Bonchev–Trinajstić information content (AvgIpc) is 3.11. The van der Waals surface area contributed by atoms with Crippen LogP contribution in [0.1, 0.15) is 44.7 Å². The van der Waals surface area contributed by atoms with Gasteiger partial charge in [0.05, 0.1) is 21.6 Å². The van der Waals surface area contributed by atoms with Crippen LogP contribution < -0.4 is 10.6 Å². The molecule has 1 aliphatic rings. The van der Waals surface area contributed by atoms with Crippen LogP contribution in [0.2, 0.25) is 0 Å². The largest absolute Gasteiger partial charge is 0.446 e. The summed E-state index contributed by atoms with van der Waals surface area (Å²) in [5.74, 6) is -0.146. The van der Waals surface area contributed by atoms with Crippen LogP contribution in [0.25, 0.3) is 21.3 Å². The van der Waals surface area contributed by atoms with Gasteiger partial charge in [0, 0.05) is 18.7 Å². The number of nitrogens with one attached hydrogen (secondary N) is 2. The number of benzene rings is 1. The van der Waals surface area contributed by atoms with Gasteiger partial charge in [-0.05, 0) is 56.4 Å². The number of pyridine rings is 1. The van der Waals surface area contributed by atoms with Crippen molar-refractivity contribution in [1.82, 2.24) is 9.97 Å². The Kier molecular flexibility index (Phi) is 5.94. The van der Waals surface area contributed by atoms with Crippen molar-refractivity contribution in [1.29, 1.82) is 0 Å². The van der Waals surface area contributed by atoms with E-state index >= 15 is 0 Å². The number of rotatable bonds is 4. The Bertz CT molecular complexity index is 1090. The van der Waals surface area contributed by atoms with E-state index in [0.29, 0.717) is 10.8 Å². The second kappa shape index (κ2) is 8.79. The maximum absolute atomic E-state index is 12.3. The molecule has 0 radical (unpaired) electrons. The van der Waals surface area contributed by atoms with Crippen LogP contribution >= 0.6 is 11.3 Å². The van der Waals surface area contributed by atoms with Crippen molar-refractivity contribution >= 4 is 44.4 Å². The smallest absolute Gasteiger partial charge is 0.411 e. The molecule has 30 heavy (non-hydrogen) atoms. The van der Waals surface area contributed by atoms with E-state index in [4.69, 9.17) is 4.74 Å². The molecule has 1 aromatic carbocycles. The van der Waals surface area contributed by atoms with Crippen molar-refractivity contribution in [2.24, 2.45) is 0 Å². The molecule has 3 aromatic rings. The van der Waals surface area contributed by atoms with Gasteiger partial charge in [0.1, 0.15) is 6.10 Å². The number of carbonyl (C=O) groups excluding carboxylic acids is 2. The van der Waals surface area contributed by atoms with Gasteiger partial charge >= 0.3 is 6.09 Å². The minimum atomic E-state index is -0.429. The van der Waals surface area contributed by atoms with Crippen molar-refractivity contribution in [3.8, 4) is 11.1 Å². The molecule has 4 rings (SSSR count). The zero-order valence-electron chi connectivity index (χ0n) is 17.0. The highest BCUT2D eigenvalue weighted by Gasteiger charge is 2.18. The number of nitrogens with zero attached hydrogens (tertiary/aromatic N) is 2. The lowest BCUT2D eigenvalue weighted by molar-refractivity contribution is -0.114. The third kappa shape index (κ3) is 4.76. The van der Waals surface area contributed by atoms with Gasteiger partial charge < -0.3 is 10.1 Å². The summed E-state index contributed by atoms with van der Waals surface area (Å²) < 4.78 is 6.53. The van der Waals surface area contributed by atoms with Crippen LogP contribution in [0.4, 0.5) is 15.6 Å². The highest BCUT2D eigenvalue weighted by Crippen LogP contribution is 2.31. The number of aryl methyl sites for hydroxylation is 1. The van der Waals surface area contributed by atoms with Crippen molar-refractivity contribution in [2.45, 2.75) is 52.1 Å². The Labute approximate surface area is 178 Å². The molecule has 2 N–H and O–H groups in total. The van der Waals surface area contributed by atoms with E-state index < -0.39 is 6.09 Å². The first-order chi connectivity index (χ1) is 14.5. The van der Waals surface area contributed by atoms with Gasteiger partial charge in [-0.3, -0.25) is 15.1 Å². The summed E-state index contributed by atoms with van der Waals surface area (Å²) in [7, 11) is 0. The summed E-state index contributed by atoms with van der Waals surface area (Å²) in [6.45, 7) is 3.31. The fourth-order valence-electron chi connectivity index (χ4n) is 3.60. The van der Waals surface area contributed by atoms with E-state index in [1.165, 1.54) is 24.7 Å². The van der Waals surface area contributed by atoms with Crippen molar-refractivity contribution in [3.63, 3.8) is 0 Å². The topological polar surface area (TPSA) is 93.2 Å². The lowest BCUT2D eigenvalue weighted by Crippen LogP contribution is -2.24. The molecular formula is C22H24N4O3S. The third-order valence-electron chi connectivity index (χ3n) is 5.15. The highest BCUT2D eigenvalue weighted by atomic mass is 32.1. The van der Waals surface area contributed by atoms with E-state index in [2.05, 4.69) is 20.6 Å².